The second kappa shape index (κ2) is 7.64. The number of unbranched alkanes of at least 4 members (excludes halogenated alkanes) is 3. The summed E-state index contributed by atoms with van der Waals surface area (Å²) >= 11 is 0. The van der Waals surface area contributed by atoms with Gasteiger partial charge in [-0.25, -0.2) is 0 Å². The Morgan fingerprint density at radius 3 is 1.68 bits per heavy atom. The summed E-state index contributed by atoms with van der Waals surface area (Å²) in [5.41, 5.74) is 0.729. The molecular weight excluding hydrogens is 320 g/mol. The summed E-state index contributed by atoms with van der Waals surface area (Å²) < 4.78 is 13.5. The second-order valence-corrected chi connectivity index (χ2v) is 22.1. The fourth-order valence-corrected chi connectivity index (χ4v) is 17.7. The Labute approximate surface area is 142 Å². The summed E-state index contributed by atoms with van der Waals surface area (Å²) in [4.78, 5) is 0. The maximum absolute atomic E-state index is 6.74. The lowest BCUT2D eigenvalue weighted by Gasteiger charge is -2.39. The lowest BCUT2D eigenvalue weighted by molar-refractivity contribution is 0.376. The third-order valence-corrected chi connectivity index (χ3v) is 14.9. The van der Waals surface area contributed by atoms with Gasteiger partial charge >= 0.3 is 8.56 Å². The summed E-state index contributed by atoms with van der Waals surface area (Å²) in [5, 5.41) is 0. The summed E-state index contributed by atoms with van der Waals surface area (Å²) in [5.74, 6) is 1.67. The Kier molecular flexibility index (Phi) is 7.16. The van der Waals surface area contributed by atoms with Crippen LogP contribution in [0.5, 0.6) is 0 Å². The van der Waals surface area contributed by atoms with Crippen LogP contribution in [0.25, 0.3) is 0 Å². The van der Waals surface area contributed by atoms with Crippen LogP contribution in [0.3, 0.4) is 0 Å². The molecule has 2 nitrogen and oxygen atoms in total. The SMILES string of the molecule is CCCCCC[C@H]1[C@@H](C)[C@@H]1[Si](C)(O[Si](C)(C)C)O[Si](C)(C)C. The van der Waals surface area contributed by atoms with Gasteiger partial charge in [0.2, 0.25) is 0 Å². The maximum atomic E-state index is 6.74. The van der Waals surface area contributed by atoms with E-state index in [0.29, 0.717) is 0 Å². The predicted molar refractivity (Wildman–Crippen MR) is 106 cm³/mol. The Bertz CT molecular complexity index is 331. The van der Waals surface area contributed by atoms with E-state index in [-0.39, 0.29) is 0 Å². The van der Waals surface area contributed by atoms with Crippen molar-refractivity contribution in [2.45, 2.75) is 97.3 Å². The summed E-state index contributed by atoms with van der Waals surface area (Å²) in [6, 6.07) is 0. The molecule has 0 unspecified atom stereocenters. The molecule has 1 fully saturated rings. The molecule has 1 aliphatic carbocycles. The molecule has 0 aromatic carbocycles. The van der Waals surface area contributed by atoms with E-state index in [4.69, 9.17) is 8.23 Å². The molecule has 0 aliphatic heterocycles. The van der Waals surface area contributed by atoms with E-state index in [9.17, 15) is 0 Å². The van der Waals surface area contributed by atoms with Crippen LogP contribution in [-0.2, 0) is 8.23 Å². The first-order chi connectivity index (χ1) is 9.90. The van der Waals surface area contributed by atoms with Gasteiger partial charge in [0, 0.05) is 5.54 Å². The number of hydrogen-bond acceptors (Lipinski definition) is 2. The van der Waals surface area contributed by atoms with Crippen LogP contribution >= 0.6 is 0 Å². The van der Waals surface area contributed by atoms with Crippen molar-refractivity contribution in [1.29, 1.82) is 0 Å². The van der Waals surface area contributed by atoms with Gasteiger partial charge in [-0.3, -0.25) is 0 Å². The minimum absolute atomic E-state index is 0.729. The van der Waals surface area contributed by atoms with E-state index in [1.54, 1.807) is 0 Å². The molecule has 0 N–H and O–H groups in total. The molecule has 5 heteroatoms. The topological polar surface area (TPSA) is 18.5 Å². The van der Waals surface area contributed by atoms with E-state index >= 15 is 0 Å². The van der Waals surface area contributed by atoms with Crippen LogP contribution in [0, 0.1) is 11.8 Å². The van der Waals surface area contributed by atoms with Gasteiger partial charge in [-0.15, -0.1) is 0 Å². The molecule has 22 heavy (non-hydrogen) atoms. The van der Waals surface area contributed by atoms with Gasteiger partial charge < -0.3 is 8.23 Å². The van der Waals surface area contributed by atoms with Crippen molar-refractivity contribution in [3.8, 4) is 0 Å². The lowest BCUT2D eigenvalue weighted by Crippen LogP contribution is -2.53. The molecule has 0 saturated heterocycles. The third kappa shape index (κ3) is 6.59. The third-order valence-electron chi connectivity index (χ3n) is 4.58. The molecule has 1 saturated carbocycles. The monoisotopic (exact) mass is 360 g/mol. The van der Waals surface area contributed by atoms with Crippen molar-refractivity contribution in [1.82, 2.24) is 0 Å². The minimum Gasteiger partial charge on any atom is -0.436 e. The van der Waals surface area contributed by atoms with Gasteiger partial charge in [-0.05, 0) is 57.7 Å². The normalized spacial score (nSPS) is 26.3. The van der Waals surface area contributed by atoms with Gasteiger partial charge in [-0.2, -0.15) is 0 Å². The van der Waals surface area contributed by atoms with E-state index in [1.807, 2.05) is 0 Å². The van der Waals surface area contributed by atoms with Gasteiger partial charge in [0.1, 0.15) is 0 Å². The number of rotatable bonds is 10. The zero-order valence-electron chi connectivity index (χ0n) is 16.6. The molecule has 3 atom stereocenters. The molecule has 1 rings (SSSR count). The van der Waals surface area contributed by atoms with Crippen LogP contribution in [0.15, 0.2) is 0 Å². The van der Waals surface area contributed by atoms with Crippen LogP contribution in [0.1, 0.15) is 46.0 Å². The first-order valence-corrected chi connectivity index (χ1v) is 18.5. The van der Waals surface area contributed by atoms with E-state index in [2.05, 4.69) is 59.7 Å². The Morgan fingerprint density at radius 2 is 1.27 bits per heavy atom. The molecule has 132 valence electrons. The average Bonchev–Trinajstić information content (AvgIpc) is 2.91. The molecule has 0 aromatic heterocycles. The Balaban J connectivity index is 2.72. The lowest BCUT2D eigenvalue weighted by atomic mass is 10.1. The van der Waals surface area contributed by atoms with Gasteiger partial charge in [0.15, 0.2) is 16.6 Å². The Morgan fingerprint density at radius 1 is 0.773 bits per heavy atom. The van der Waals surface area contributed by atoms with Crippen molar-refractivity contribution in [3.05, 3.63) is 0 Å². The predicted octanol–water partition coefficient (Wildman–Crippen LogP) is 6.37. The van der Waals surface area contributed by atoms with Crippen molar-refractivity contribution >= 4 is 25.2 Å². The highest BCUT2D eigenvalue weighted by Gasteiger charge is 2.62. The molecule has 0 spiro atoms. The zero-order valence-corrected chi connectivity index (χ0v) is 19.6. The molecule has 0 bridgehead atoms. The standard InChI is InChI=1S/C17H40O2Si3/c1-10-11-12-13-14-16-15(2)17(16)22(9,18-20(3,4)5)19-21(6,7)8/h15-17H,10-14H2,1-9H3/t15-,16+,17+/m1/s1. The smallest absolute Gasteiger partial charge is 0.318 e. The first-order valence-electron chi connectivity index (χ1n) is 9.30. The van der Waals surface area contributed by atoms with Crippen molar-refractivity contribution in [2.75, 3.05) is 0 Å². The number of hydrogen-bond donors (Lipinski definition) is 0. The van der Waals surface area contributed by atoms with Crippen LogP contribution in [0.2, 0.25) is 51.4 Å². The molecule has 0 aromatic rings. The zero-order chi connectivity index (χ0) is 17.2. The van der Waals surface area contributed by atoms with Crippen molar-refractivity contribution in [3.63, 3.8) is 0 Å². The van der Waals surface area contributed by atoms with Gasteiger partial charge in [0.05, 0.1) is 0 Å². The van der Waals surface area contributed by atoms with E-state index < -0.39 is 25.2 Å². The Hall–Kier alpha value is 0.571. The summed E-state index contributed by atoms with van der Waals surface area (Å²) in [7, 11) is -5.18. The minimum atomic E-state index is -2.06. The van der Waals surface area contributed by atoms with Crippen molar-refractivity contribution in [2.24, 2.45) is 11.8 Å². The molecule has 1 aliphatic rings. The quantitative estimate of drug-likeness (QED) is 0.333. The van der Waals surface area contributed by atoms with E-state index in [0.717, 1.165) is 17.4 Å². The summed E-state index contributed by atoms with van der Waals surface area (Å²) in [6.07, 6.45) is 6.89. The van der Waals surface area contributed by atoms with Gasteiger partial charge in [0.25, 0.3) is 0 Å². The molecule has 0 radical (unpaired) electrons. The highest BCUT2D eigenvalue weighted by Crippen LogP contribution is 2.61. The highest BCUT2D eigenvalue weighted by molar-refractivity contribution is 6.88. The summed E-state index contributed by atoms with van der Waals surface area (Å²) in [6.45, 7) is 21.0. The van der Waals surface area contributed by atoms with Gasteiger partial charge in [-0.1, -0.05) is 46.0 Å². The van der Waals surface area contributed by atoms with Crippen LogP contribution in [0.4, 0.5) is 0 Å². The van der Waals surface area contributed by atoms with E-state index in [1.165, 1.54) is 32.1 Å². The first kappa shape index (κ1) is 20.6. The fraction of sp³-hybridized carbons (Fsp3) is 1.00. The maximum Gasteiger partial charge on any atom is 0.318 e. The van der Waals surface area contributed by atoms with Crippen molar-refractivity contribution < 1.29 is 8.23 Å². The molecular formula is C17H40O2Si3. The molecule has 0 heterocycles. The van der Waals surface area contributed by atoms with Crippen LogP contribution in [-0.4, -0.2) is 25.2 Å². The van der Waals surface area contributed by atoms with Crippen LogP contribution < -0.4 is 0 Å². The fourth-order valence-electron chi connectivity index (χ4n) is 4.03. The second-order valence-electron chi connectivity index (χ2n) is 9.34. The molecule has 0 amide bonds. The average molecular weight is 361 g/mol. The highest BCUT2D eigenvalue weighted by atomic mass is 28.5. The largest absolute Gasteiger partial charge is 0.436 e.